The van der Waals surface area contributed by atoms with E-state index in [0.717, 1.165) is 22.3 Å². The van der Waals surface area contributed by atoms with Gasteiger partial charge in [0, 0.05) is 5.69 Å². The number of anilines is 1. The Labute approximate surface area is 181 Å². The minimum atomic E-state index is -0.226. The highest BCUT2D eigenvalue weighted by molar-refractivity contribution is 5.93. The molecule has 0 atom stereocenters. The van der Waals surface area contributed by atoms with Crippen LogP contribution in [0.25, 0.3) is 16.7 Å². The van der Waals surface area contributed by atoms with Gasteiger partial charge in [0.2, 0.25) is 0 Å². The molecule has 0 aliphatic heterocycles. The van der Waals surface area contributed by atoms with Crippen LogP contribution >= 0.6 is 0 Å². The molecule has 4 aromatic rings. The van der Waals surface area contributed by atoms with E-state index in [4.69, 9.17) is 4.74 Å². The minimum absolute atomic E-state index is 0.0587. The maximum atomic E-state index is 12.3. The molecule has 0 aliphatic rings. The van der Waals surface area contributed by atoms with Gasteiger partial charge in [0.25, 0.3) is 5.91 Å². The van der Waals surface area contributed by atoms with Crippen molar-refractivity contribution in [1.29, 1.82) is 0 Å². The molecular formula is C25H26N4O2. The number of benzene rings is 3. The molecule has 0 bridgehead atoms. The molecule has 0 saturated carbocycles. The maximum Gasteiger partial charge on any atom is 0.262 e. The Morgan fingerprint density at radius 3 is 2.42 bits per heavy atom. The minimum Gasteiger partial charge on any atom is -0.483 e. The fraction of sp³-hybridized carbons (Fsp3) is 0.240. The molecule has 0 aliphatic carbocycles. The number of nitrogens with one attached hydrogen (secondary N) is 1. The lowest BCUT2D eigenvalue weighted by Gasteiger charge is -2.10. The molecule has 0 saturated heterocycles. The van der Waals surface area contributed by atoms with Crippen LogP contribution in [0, 0.1) is 13.8 Å². The number of fused-ring (bicyclic) bond motifs is 1. The number of nitrogens with zero attached hydrogens (tertiary/aromatic N) is 3. The third-order valence-electron chi connectivity index (χ3n) is 5.14. The van der Waals surface area contributed by atoms with E-state index >= 15 is 0 Å². The fourth-order valence-corrected chi connectivity index (χ4v) is 3.40. The van der Waals surface area contributed by atoms with E-state index in [9.17, 15) is 4.79 Å². The number of amides is 1. The van der Waals surface area contributed by atoms with Gasteiger partial charge in [-0.15, -0.1) is 10.2 Å². The average molecular weight is 415 g/mol. The van der Waals surface area contributed by atoms with Crippen LogP contribution in [0.1, 0.15) is 36.5 Å². The Hall–Kier alpha value is -3.67. The van der Waals surface area contributed by atoms with Crippen molar-refractivity contribution in [3.8, 4) is 11.4 Å². The Balaban J connectivity index is 1.44. The fourth-order valence-electron chi connectivity index (χ4n) is 3.40. The molecule has 158 valence electrons. The SMILES string of the molecule is Cc1ccc(OCC(=O)Nc2ccc3nn(-c4ccc(C(C)C)cc4)nc3c2)c(C)c1. The Bertz CT molecular complexity index is 1230. The molecule has 31 heavy (non-hydrogen) atoms. The molecule has 1 aromatic heterocycles. The number of carbonyl (C=O) groups is 1. The number of aryl methyl sites for hydroxylation is 2. The van der Waals surface area contributed by atoms with Crippen LogP contribution in [-0.2, 0) is 4.79 Å². The molecule has 6 nitrogen and oxygen atoms in total. The molecule has 3 aromatic carbocycles. The van der Waals surface area contributed by atoms with Gasteiger partial charge in [0.05, 0.1) is 5.69 Å². The van der Waals surface area contributed by atoms with Crippen LogP contribution in [0.5, 0.6) is 5.75 Å². The number of hydrogen-bond acceptors (Lipinski definition) is 4. The first-order valence-electron chi connectivity index (χ1n) is 10.4. The topological polar surface area (TPSA) is 69.0 Å². The summed E-state index contributed by atoms with van der Waals surface area (Å²) in [7, 11) is 0. The average Bonchev–Trinajstić information content (AvgIpc) is 3.16. The largest absolute Gasteiger partial charge is 0.483 e. The summed E-state index contributed by atoms with van der Waals surface area (Å²) in [6.07, 6.45) is 0. The molecule has 0 radical (unpaired) electrons. The Morgan fingerprint density at radius 2 is 1.71 bits per heavy atom. The highest BCUT2D eigenvalue weighted by Gasteiger charge is 2.10. The molecule has 0 fully saturated rings. The molecular weight excluding hydrogens is 388 g/mol. The van der Waals surface area contributed by atoms with Crippen molar-refractivity contribution in [1.82, 2.24) is 15.0 Å². The first kappa shape index (κ1) is 20.6. The van der Waals surface area contributed by atoms with E-state index < -0.39 is 0 Å². The van der Waals surface area contributed by atoms with Crippen molar-refractivity contribution < 1.29 is 9.53 Å². The lowest BCUT2D eigenvalue weighted by molar-refractivity contribution is -0.118. The number of aromatic nitrogens is 3. The summed E-state index contributed by atoms with van der Waals surface area (Å²) in [5.74, 6) is 0.961. The quantitative estimate of drug-likeness (QED) is 0.472. The van der Waals surface area contributed by atoms with E-state index in [1.165, 1.54) is 5.56 Å². The third-order valence-corrected chi connectivity index (χ3v) is 5.14. The van der Waals surface area contributed by atoms with Gasteiger partial charge < -0.3 is 10.1 Å². The van der Waals surface area contributed by atoms with Gasteiger partial charge >= 0.3 is 0 Å². The molecule has 1 N–H and O–H groups in total. The van der Waals surface area contributed by atoms with Crippen LogP contribution in [0.2, 0.25) is 0 Å². The molecule has 0 unspecified atom stereocenters. The number of ether oxygens (including phenoxy) is 1. The van der Waals surface area contributed by atoms with E-state index in [1.54, 1.807) is 4.80 Å². The standard InChI is InChI=1S/C25H26N4O2/c1-16(2)19-6-9-21(10-7-19)29-27-22-11-8-20(14-23(22)28-29)26-25(30)15-31-24-12-5-17(3)13-18(24)4/h5-14,16H,15H2,1-4H3,(H,26,30). The maximum absolute atomic E-state index is 12.3. The normalized spacial score (nSPS) is 11.1. The van der Waals surface area contributed by atoms with E-state index in [2.05, 4.69) is 41.5 Å². The predicted molar refractivity (Wildman–Crippen MR) is 123 cm³/mol. The van der Waals surface area contributed by atoms with Crippen molar-refractivity contribution >= 4 is 22.6 Å². The summed E-state index contributed by atoms with van der Waals surface area (Å²) < 4.78 is 5.66. The van der Waals surface area contributed by atoms with Crippen LogP contribution < -0.4 is 10.1 Å². The highest BCUT2D eigenvalue weighted by Crippen LogP contribution is 2.21. The zero-order chi connectivity index (χ0) is 22.0. The van der Waals surface area contributed by atoms with Crippen molar-refractivity contribution in [2.45, 2.75) is 33.6 Å². The van der Waals surface area contributed by atoms with Gasteiger partial charge in [0.1, 0.15) is 16.8 Å². The second kappa shape index (κ2) is 8.60. The van der Waals surface area contributed by atoms with Gasteiger partial charge in [0.15, 0.2) is 6.61 Å². The predicted octanol–water partition coefficient (Wildman–Crippen LogP) is 5.18. The molecule has 4 rings (SSSR count). The van der Waals surface area contributed by atoms with Crippen LogP contribution in [0.15, 0.2) is 60.7 Å². The summed E-state index contributed by atoms with van der Waals surface area (Å²) in [5.41, 5.74) is 6.46. The zero-order valence-electron chi connectivity index (χ0n) is 18.2. The number of hydrogen-bond donors (Lipinski definition) is 1. The Kier molecular flexibility index (Phi) is 5.71. The van der Waals surface area contributed by atoms with E-state index in [-0.39, 0.29) is 12.5 Å². The number of carbonyl (C=O) groups excluding carboxylic acids is 1. The van der Waals surface area contributed by atoms with Gasteiger partial charge in [-0.25, -0.2) is 0 Å². The highest BCUT2D eigenvalue weighted by atomic mass is 16.5. The van der Waals surface area contributed by atoms with E-state index in [1.807, 2.05) is 62.4 Å². The van der Waals surface area contributed by atoms with Crippen LogP contribution in [0.3, 0.4) is 0 Å². The number of rotatable bonds is 6. The van der Waals surface area contributed by atoms with Gasteiger partial charge in [-0.1, -0.05) is 43.7 Å². The van der Waals surface area contributed by atoms with Crippen LogP contribution in [0.4, 0.5) is 5.69 Å². The lowest BCUT2D eigenvalue weighted by Crippen LogP contribution is -2.20. The monoisotopic (exact) mass is 414 g/mol. The zero-order valence-corrected chi connectivity index (χ0v) is 18.2. The summed E-state index contributed by atoms with van der Waals surface area (Å²) in [4.78, 5) is 14.0. The molecule has 1 heterocycles. The van der Waals surface area contributed by atoms with Crippen molar-refractivity contribution in [3.63, 3.8) is 0 Å². The lowest BCUT2D eigenvalue weighted by atomic mass is 10.0. The summed E-state index contributed by atoms with van der Waals surface area (Å²) in [5, 5.41) is 12.0. The van der Waals surface area contributed by atoms with Gasteiger partial charge in [-0.3, -0.25) is 4.79 Å². The van der Waals surface area contributed by atoms with Gasteiger partial charge in [-0.2, -0.15) is 4.80 Å². The molecule has 0 spiro atoms. The third kappa shape index (κ3) is 4.74. The smallest absolute Gasteiger partial charge is 0.262 e. The summed E-state index contributed by atoms with van der Waals surface area (Å²) in [6.45, 7) is 8.26. The second-order valence-electron chi connectivity index (χ2n) is 8.04. The first-order chi connectivity index (χ1) is 14.9. The summed E-state index contributed by atoms with van der Waals surface area (Å²) >= 11 is 0. The van der Waals surface area contributed by atoms with Gasteiger partial charge in [-0.05, 0) is 67.3 Å². The first-order valence-corrected chi connectivity index (χ1v) is 10.4. The van der Waals surface area contributed by atoms with E-state index in [0.29, 0.717) is 22.9 Å². The summed E-state index contributed by atoms with van der Waals surface area (Å²) in [6, 6.07) is 19.6. The van der Waals surface area contributed by atoms with Crippen molar-refractivity contribution in [2.24, 2.45) is 0 Å². The van der Waals surface area contributed by atoms with Crippen molar-refractivity contribution in [3.05, 3.63) is 77.4 Å². The van der Waals surface area contributed by atoms with Crippen molar-refractivity contribution in [2.75, 3.05) is 11.9 Å². The second-order valence-corrected chi connectivity index (χ2v) is 8.04. The molecule has 1 amide bonds. The van der Waals surface area contributed by atoms with Crippen LogP contribution in [-0.4, -0.2) is 27.5 Å². The molecule has 6 heteroatoms. The Morgan fingerprint density at radius 1 is 0.968 bits per heavy atom.